The van der Waals surface area contributed by atoms with Crippen molar-refractivity contribution in [3.05, 3.63) is 53.7 Å². The maximum Gasteiger partial charge on any atom is 0.161 e. The number of fused-ring (bicyclic) bond motifs is 1. The minimum atomic E-state index is 0.0835. The molecule has 0 unspecified atom stereocenters. The molecular weight excluding hydrogens is 324 g/mol. The number of aromatic nitrogens is 1. The molecule has 0 amide bonds. The first kappa shape index (κ1) is 18.2. The molecule has 4 heteroatoms. The maximum atomic E-state index is 5.99. The van der Waals surface area contributed by atoms with Crippen LogP contribution in [0.15, 0.2) is 42.5 Å². The molecule has 3 rings (SSSR count). The SMILES string of the molecule is COc1cc2cc(-c3cccc(C(C)(C)C)c3)nc(CN)c2cc1OC. The molecule has 1 heterocycles. The first-order valence-electron chi connectivity index (χ1n) is 8.74. The van der Waals surface area contributed by atoms with Gasteiger partial charge in [-0.3, -0.25) is 4.98 Å². The van der Waals surface area contributed by atoms with E-state index in [0.717, 1.165) is 27.7 Å². The Hall–Kier alpha value is -2.59. The van der Waals surface area contributed by atoms with Gasteiger partial charge in [-0.15, -0.1) is 0 Å². The predicted molar refractivity (Wildman–Crippen MR) is 107 cm³/mol. The Bertz CT molecular complexity index is 943. The van der Waals surface area contributed by atoms with Crippen LogP contribution >= 0.6 is 0 Å². The average Bonchev–Trinajstić information content (AvgIpc) is 2.65. The second-order valence-corrected chi connectivity index (χ2v) is 7.42. The van der Waals surface area contributed by atoms with Crippen LogP contribution in [0.3, 0.4) is 0 Å². The lowest BCUT2D eigenvalue weighted by Crippen LogP contribution is -2.11. The average molecular weight is 350 g/mol. The fourth-order valence-corrected chi connectivity index (χ4v) is 3.10. The zero-order valence-corrected chi connectivity index (χ0v) is 16.1. The van der Waals surface area contributed by atoms with Crippen molar-refractivity contribution in [2.75, 3.05) is 14.2 Å². The molecule has 3 aromatic rings. The van der Waals surface area contributed by atoms with Gasteiger partial charge in [0.15, 0.2) is 11.5 Å². The summed E-state index contributed by atoms with van der Waals surface area (Å²) in [7, 11) is 3.27. The van der Waals surface area contributed by atoms with Gasteiger partial charge in [-0.2, -0.15) is 0 Å². The van der Waals surface area contributed by atoms with Gasteiger partial charge in [0.1, 0.15) is 0 Å². The van der Waals surface area contributed by atoms with Gasteiger partial charge in [0, 0.05) is 17.5 Å². The second kappa shape index (κ2) is 6.96. The van der Waals surface area contributed by atoms with Crippen LogP contribution in [-0.4, -0.2) is 19.2 Å². The summed E-state index contributed by atoms with van der Waals surface area (Å²) in [6, 6.07) is 14.5. The van der Waals surface area contributed by atoms with Crippen molar-refractivity contribution < 1.29 is 9.47 Å². The van der Waals surface area contributed by atoms with Crippen molar-refractivity contribution in [3.63, 3.8) is 0 Å². The van der Waals surface area contributed by atoms with E-state index in [1.54, 1.807) is 14.2 Å². The number of nitrogens with zero attached hydrogens (tertiary/aromatic N) is 1. The van der Waals surface area contributed by atoms with Crippen molar-refractivity contribution in [1.29, 1.82) is 0 Å². The molecule has 0 aliphatic rings. The maximum absolute atomic E-state index is 5.99. The van der Waals surface area contributed by atoms with Gasteiger partial charge in [0.2, 0.25) is 0 Å². The van der Waals surface area contributed by atoms with E-state index in [4.69, 9.17) is 20.2 Å². The quantitative estimate of drug-likeness (QED) is 0.742. The summed E-state index contributed by atoms with van der Waals surface area (Å²) in [4.78, 5) is 4.82. The lowest BCUT2D eigenvalue weighted by Gasteiger charge is -2.20. The topological polar surface area (TPSA) is 57.4 Å². The Labute approximate surface area is 155 Å². The fraction of sp³-hybridized carbons (Fsp3) is 0.318. The van der Waals surface area contributed by atoms with Crippen molar-refractivity contribution in [1.82, 2.24) is 4.98 Å². The molecule has 0 spiro atoms. The van der Waals surface area contributed by atoms with Crippen LogP contribution in [0.2, 0.25) is 0 Å². The van der Waals surface area contributed by atoms with Gasteiger partial charge in [0.05, 0.1) is 25.6 Å². The summed E-state index contributed by atoms with van der Waals surface area (Å²) in [5, 5.41) is 2.02. The lowest BCUT2D eigenvalue weighted by molar-refractivity contribution is 0.356. The Kier molecular flexibility index (Phi) is 4.88. The standard InChI is InChI=1S/C22H26N2O2/c1-22(2,3)16-8-6-7-14(9-16)18-10-15-11-20(25-4)21(26-5)12-17(15)19(13-23)24-18/h6-12H,13,23H2,1-5H3. The number of pyridine rings is 1. The molecule has 0 saturated carbocycles. The van der Waals surface area contributed by atoms with E-state index in [0.29, 0.717) is 18.0 Å². The van der Waals surface area contributed by atoms with Crippen LogP contribution in [0.4, 0.5) is 0 Å². The molecule has 26 heavy (non-hydrogen) atoms. The third-order valence-electron chi connectivity index (χ3n) is 4.63. The van der Waals surface area contributed by atoms with Gasteiger partial charge in [-0.25, -0.2) is 0 Å². The Balaban J connectivity index is 2.22. The van der Waals surface area contributed by atoms with E-state index < -0.39 is 0 Å². The zero-order valence-electron chi connectivity index (χ0n) is 16.1. The molecule has 2 aromatic carbocycles. The highest BCUT2D eigenvalue weighted by Crippen LogP contribution is 2.35. The van der Waals surface area contributed by atoms with Crippen LogP contribution in [0.5, 0.6) is 11.5 Å². The monoisotopic (exact) mass is 350 g/mol. The highest BCUT2D eigenvalue weighted by atomic mass is 16.5. The minimum Gasteiger partial charge on any atom is -0.493 e. The summed E-state index contributed by atoms with van der Waals surface area (Å²) < 4.78 is 10.9. The summed E-state index contributed by atoms with van der Waals surface area (Å²) in [6.07, 6.45) is 0. The number of hydrogen-bond donors (Lipinski definition) is 1. The van der Waals surface area contributed by atoms with E-state index in [9.17, 15) is 0 Å². The lowest BCUT2D eigenvalue weighted by atomic mass is 9.86. The van der Waals surface area contributed by atoms with Crippen molar-refractivity contribution in [2.24, 2.45) is 5.73 Å². The number of benzene rings is 2. The van der Waals surface area contributed by atoms with Crippen LogP contribution in [0, 0.1) is 0 Å². The van der Waals surface area contributed by atoms with Crippen LogP contribution < -0.4 is 15.2 Å². The smallest absolute Gasteiger partial charge is 0.161 e. The molecule has 136 valence electrons. The molecule has 0 fully saturated rings. The Morgan fingerprint density at radius 3 is 2.27 bits per heavy atom. The zero-order chi connectivity index (χ0) is 18.9. The normalized spacial score (nSPS) is 11.6. The predicted octanol–water partition coefficient (Wildman–Crippen LogP) is 4.68. The third kappa shape index (κ3) is 3.37. The molecule has 4 nitrogen and oxygen atoms in total. The number of rotatable bonds is 4. The largest absolute Gasteiger partial charge is 0.493 e. The molecule has 0 radical (unpaired) electrons. The number of ether oxygens (including phenoxy) is 2. The first-order chi connectivity index (χ1) is 12.4. The molecule has 1 aromatic heterocycles. The minimum absolute atomic E-state index is 0.0835. The van der Waals surface area contributed by atoms with E-state index in [2.05, 4.69) is 51.1 Å². The molecule has 2 N–H and O–H groups in total. The molecule has 0 saturated heterocycles. The summed E-state index contributed by atoms with van der Waals surface area (Å²) in [5.41, 5.74) is 10.2. The highest BCUT2D eigenvalue weighted by Gasteiger charge is 2.16. The van der Waals surface area contributed by atoms with Gasteiger partial charge < -0.3 is 15.2 Å². The number of nitrogens with two attached hydrogens (primary N) is 1. The Morgan fingerprint density at radius 1 is 0.962 bits per heavy atom. The number of hydrogen-bond acceptors (Lipinski definition) is 4. The molecule has 0 aliphatic carbocycles. The second-order valence-electron chi connectivity index (χ2n) is 7.42. The van der Waals surface area contributed by atoms with E-state index in [1.165, 1.54) is 5.56 Å². The van der Waals surface area contributed by atoms with E-state index in [1.807, 2.05) is 12.1 Å². The third-order valence-corrected chi connectivity index (χ3v) is 4.63. The summed E-state index contributed by atoms with van der Waals surface area (Å²) >= 11 is 0. The van der Waals surface area contributed by atoms with Crippen molar-refractivity contribution in [3.8, 4) is 22.8 Å². The van der Waals surface area contributed by atoms with Crippen LogP contribution in [0.1, 0.15) is 32.0 Å². The van der Waals surface area contributed by atoms with Crippen LogP contribution in [0.25, 0.3) is 22.0 Å². The number of methoxy groups -OCH3 is 2. The Morgan fingerprint density at radius 2 is 1.65 bits per heavy atom. The van der Waals surface area contributed by atoms with E-state index in [-0.39, 0.29) is 5.41 Å². The van der Waals surface area contributed by atoms with E-state index >= 15 is 0 Å². The van der Waals surface area contributed by atoms with Gasteiger partial charge in [0.25, 0.3) is 0 Å². The van der Waals surface area contributed by atoms with Gasteiger partial charge in [-0.05, 0) is 40.6 Å². The van der Waals surface area contributed by atoms with Gasteiger partial charge >= 0.3 is 0 Å². The first-order valence-corrected chi connectivity index (χ1v) is 8.74. The van der Waals surface area contributed by atoms with Crippen molar-refractivity contribution >= 4 is 10.8 Å². The fourth-order valence-electron chi connectivity index (χ4n) is 3.10. The van der Waals surface area contributed by atoms with Crippen LogP contribution in [-0.2, 0) is 12.0 Å². The molecule has 0 atom stereocenters. The molecular formula is C22H26N2O2. The van der Waals surface area contributed by atoms with Crippen molar-refractivity contribution in [2.45, 2.75) is 32.7 Å². The van der Waals surface area contributed by atoms with Gasteiger partial charge in [-0.1, -0.05) is 39.0 Å². The molecule has 0 bridgehead atoms. The molecule has 0 aliphatic heterocycles. The summed E-state index contributed by atoms with van der Waals surface area (Å²) in [5.74, 6) is 1.38. The highest BCUT2D eigenvalue weighted by molar-refractivity contribution is 5.90. The summed E-state index contributed by atoms with van der Waals surface area (Å²) in [6.45, 7) is 6.99.